The van der Waals surface area contributed by atoms with E-state index in [0.29, 0.717) is 11.1 Å². The number of fused-ring (bicyclic) bond motifs is 1. The van der Waals surface area contributed by atoms with Crippen molar-refractivity contribution in [1.29, 1.82) is 0 Å². The van der Waals surface area contributed by atoms with Crippen molar-refractivity contribution in [2.45, 2.75) is 6.92 Å². The van der Waals surface area contributed by atoms with E-state index in [1.807, 2.05) is 6.07 Å². The Morgan fingerprint density at radius 2 is 2.07 bits per heavy atom. The molecular weight excluding hydrogens is 193 g/mol. The van der Waals surface area contributed by atoms with Gasteiger partial charge in [0.1, 0.15) is 5.82 Å². The molecule has 2 nitrogen and oxygen atoms in total. The van der Waals surface area contributed by atoms with Crippen molar-refractivity contribution >= 4 is 22.4 Å². The summed E-state index contributed by atoms with van der Waals surface area (Å²) in [4.78, 5) is 10.8. The maximum Gasteiger partial charge on any atom is 0.221 e. The number of benzene rings is 2. The minimum atomic E-state index is -0.278. The van der Waals surface area contributed by atoms with Crippen LogP contribution in [-0.2, 0) is 4.79 Å². The van der Waals surface area contributed by atoms with Crippen LogP contribution in [0.3, 0.4) is 0 Å². The fourth-order valence-corrected chi connectivity index (χ4v) is 1.52. The summed E-state index contributed by atoms with van der Waals surface area (Å²) in [5, 5.41) is 3.96. The summed E-state index contributed by atoms with van der Waals surface area (Å²) in [6.45, 7) is 1.42. The molecule has 0 saturated carbocycles. The molecule has 0 radical (unpaired) electrons. The number of anilines is 1. The van der Waals surface area contributed by atoms with Gasteiger partial charge in [0.05, 0.1) is 0 Å². The van der Waals surface area contributed by atoms with Gasteiger partial charge in [0, 0.05) is 18.0 Å². The minimum Gasteiger partial charge on any atom is -0.326 e. The molecule has 0 heterocycles. The van der Waals surface area contributed by atoms with Crippen LogP contribution in [0.4, 0.5) is 10.1 Å². The molecule has 76 valence electrons. The standard InChI is InChI=1S/C12H10FNO/c1-8(15)14-10-6-5-9-3-2-4-12(13)11(9)7-10/h2-7H,1H3,(H,14,15). The number of amides is 1. The van der Waals surface area contributed by atoms with Crippen molar-refractivity contribution in [2.75, 3.05) is 5.32 Å². The van der Waals surface area contributed by atoms with Crippen molar-refractivity contribution in [3.63, 3.8) is 0 Å². The van der Waals surface area contributed by atoms with Gasteiger partial charge in [-0.3, -0.25) is 4.79 Å². The van der Waals surface area contributed by atoms with Crippen molar-refractivity contribution in [3.05, 3.63) is 42.2 Å². The van der Waals surface area contributed by atoms with E-state index in [1.165, 1.54) is 13.0 Å². The van der Waals surface area contributed by atoms with Crippen LogP contribution in [0.5, 0.6) is 0 Å². The fourth-order valence-electron chi connectivity index (χ4n) is 1.52. The first-order valence-electron chi connectivity index (χ1n) is 4.63. The summed E-state index contributed by atoms with van der Waals surface area (Å²) in [5.41, 5.74) is 0.611. The average Bonchev–Trinajstić information content (AvgIpc) is 2.18. The first-order chi connectivity index (χ1) is 7.16. The van der Waals surface area contributed by atoms with Crippen LogP contribution < -0.4 is 5.32 Å². The SMILES string of the molecule is CC(=O)Nc1ccc2cccc(F)c2c1. The summed E-state index contributed by atoms with van der Waals surface area (Å²) in [6, 6.07) is 10.1. The van der Waals surface area contributed by atoms with Crippen LogP contribution in [-0.4, -0.2) is 5.91 Å². The van der Waals surface area contributed by atoms with E-state index in [-0.39, 0.29) is 11.7 Å². The Bertz CT molecular complexity index is 522. The van der Waals surface area contributed by atoms with Crippen molar-refractivity contribution in [3.8, 4) is 0 Å². The Labute approximate surface area is 86.7 Å². The Morgan fingerprint density at radius 3 is 2.80 bits per heavy atom. The summed E-state index contributed by atoms with van der Waals surface area (Å²) < 4.78 is 13.4. The number of carbonyl (C=O) groups excluding carboxylic acids is 1. The van der Waals surface area contributed by atoms with E-state index in [0.717, 1.165) is 5.39 Å². The predicted octanol–water partition coefficient (Wildman–Crippen LogP) is 2.94. The van der Waals surface area contributed by atoms with Crippen LogP contribution in [0.1, 0.15) is 6.92 Å². The third-order valence-corrected chi connectivity index (χ3v) is 2.15. The second-order valence-electron chi connectivity index (χ2n) is 3.36. The Balaban J connectivity index is 2.54. The second-order valence-corrected chi connectivity index (χ2v) is 3.36. The van der Waals surface area contributed by atoms with Gasteiger partial charge in [0.2, 0.25) is 5.91 Å². The molecule has 1 amide bonds. The maximum absolute atomic E-state index is 13.4. The lowest BCUT2D eigenvalue weighted by Gasteiger charge is -2.04. The molecule has 0 spiro atoms. The van der Waals surface area contributed by atoms with Gasteiger partial charge in [-0.2, -0.15) is 0 Å². The van der Waals surface area contributed by atoms with Gasteiger partial charge in [-0.1, -0.05) is 18.2 Å². The highest BCUT2D eigenvalue weighted by atomic mass is 19.1. The van der Waals surface area contributed by atoms with Gasteiger partial charge in [-0.15, -0.1) is 0 Å². The molecule has 0 aliphatic carbocycles. The van der Waals surface area contributed by atoms with E-state index < -0.39 is 0 Å². The third kappa shape index (κ3) is 1.96. The van der Waals surface area contributed by atoms with Crippen LogP contribution in [0.2, 0.25) is 0 Å². The maximum atomic E-state index is 13.4. The number of carbonyl (C=O) groups is 1. The molecule has 0 fully saturated rings. The van der Waals surface area contributed by atoms with Crippen molar-refractivity contribution in [1.82, 2.24) is 0 Å². The Morgan fingerprint density at radius 1 is 1.27 bits per heavy atom. The van der Waals surface area contributed by atoms with Crippen LogP contribution >= 0.6 is 0 Å². The van der Waals surface area contributed by atoms with Crippen LogP contribution in [0.15, 0.2) is 36.4 Å². The first-order valence-corrected chi connectivity index (χ1v) is 4.63. The third-order valence-electron chi connectivity index (χ3n) is 2.15. The van der Waals surface area contributed by atoms with Gasteiger partial charge >= 0.3 is 0 Å². The van der Waals surface area contributed by atoms with Gasteiger partial charge < -0.3 is 5.32 Å². The summed E-state index contributed by atoms with van der Waals surface area (Å²) in [6.07, 6.45) is 0. The molecule has 0 aliphatic heterocycles. The molecule has 0 aliphatic rings. The highest BCUT2D eigenvalue weighted by Gasteiger charge is 2.01. The Hall–Kier alpha value is -1.90. The first kappa shape index (κ1) is 9.65. The summed E-state index contributed by atoms with van der Waals surface area (Å²) >= 11 is 0. The van der Waals surface area contributed by atoms with Crippen molar-refractivity contribution < 1.29 is 9.18 Å². The molecule has 15 heavy (non-hydrogen) atoms. The van der Waals surface area contributed by atoms with Gasteiger partial charge in [-0.25, -0.2) is 4.39 Å². The highest BCUT2D eigenvalue weighted by Crippen LogP contribution is 2.21. The molecule has 3 heteroatoms. The van der Waals surface area contributed by atoms with Crippen LogP contribution in [0.25, 0.3) is 10.8 Å². The molecule has 0 aromatic heterocycles. The summed E-state index contributed by atoms with van der Waals surface area (Å²) in [5.74, 6) is -0.439. The lowest BCUT2D eigenvalue weighted by atomic mass is 10.1. The molecular formula is C12H10FNO. The zero-order valence-corrected chi connectivity index (χ0v) is 8.25. The predicted molar refractivity (Wildman–Crippen MR) is 58.2 cm³/mol. The molecule has 0 atom stereocenters. The topological polar surface area (TPSA) is 29.1 Å². The monoisotopic (exact) mass is 203 g/mol. The molecule has 2 rings (SSSR count). The van der Waals surface area contributed by atoms with E-state index in [2.05, 4.69) is 5.32 Å². The van der Waals surface area contributed by atoms with Crippen LogP contribution in [0, 0.1) is 5.82 Å². The van der Waals surface area contributed by atoms with E-state index in [1.54, 1.807) is 24.3 Å². The lowest BCUT2D eigenvalue weighted by molar-refractivity contribution is -0.114. The number of nitrogens with one attached hydrogen (secondary N) is 1. The molecule has 2 aromatic carbocycles. The number of halogens is 1. The van der Waals surface area contributed by atoms with Gasteiger partial charge in [-0.05, 0) is 23.6 Å². The minimum absolute atomic E-state index is 0.161. The van der Waals surface area contributed by atoms with Crippen molar-refractivity contribution in [2.24, 2.45) is 0 Å². The number of rotatable bonds is 1. The molecule has 0 unspecified atom stereocenters. The van der Waals surface area contributed by atoms with Gasteiger partial charge in [0.25, 0.3) is 0 Å². The zero-order valence-electron chi connectivity index (χ0n) is 8.25. The fraction of sp³-hybridized carbons (Fsp3) is 0.0833. The second kappa shape index (κ2) is 3.69. The van der Waals surface area contributed by atoms with E-state index >= 15 is 0 Å². The number of hydrogen-bond donors (Lipinski definition) is 1. The molecule has 2 aromatic rings. The van der Waals surface area contributed by atoms with E-state index in [4.69, 9.17) is 0 Å². The molecule has 1 N–H and O–H groups in total. The smallest absolute Gasteiger partial charge is 0.221 e. The Kier molecular flexibility index (Phi) is 2.37. The zero-order chi connectivity index (χ0) is 10.8. The summed E-state index contributed by atoms with van der Waals surface area (Å²) in [7, 11) is 0. The highest BCUT2D eigenvalue weighted by molar-refractivity contribution is 5.93. The van der Waals surface area contributed by atoms with Gasteiger partial charge in [0.15, 0.2) is 0 Å². The largest absolute Gasteiger partial charge is 0.326 e. The normalized spacial score (nSPS) is 10.3. The number of hydrogen-bond acceptors (Lipinski definition) is 1. The quantitative estimate of drug-likeness (QED) is 0.758. The van der Waals surface area contributed by atoms with E-state index in [9.17, 15) is 9.18 Å². The average molecular weight is 203 g/mol. The molecule has 0 saturated heterocycles. The lowest BCUT2D eigenvalue weighted by Crippen LogP contribution is -2.05. The molecule has 0 bridgehead atoms.